The lowest BCUT2D eigenvalue weighted by molar-refractivity contribution is 0.101. The van der Waals surface area contributed by atoms with E-state index in [-0.39, 0.29) is 5.82 Å². The van der Waals surface area contributed by atoms with Crippen LogP contribution in [-0.4, -0.2) is 21.1 Å². The molecule has 0 unspecified atom stereocenters. The summed E-state index contributed by atoms with van der Waals surface area (Å²) in [5.41, 5.74) is 1.72. The first kappa shape index (κ1) is 10.8. The maximum absolute atomic E-state index is 11.7. The molecule has 84 valence electrons. The fourth-order valence-electron chi connectivity index (χ4n) is 1.42. The van der Waals surface area contributed by atoms with E-state index in [9.17, 15) is 4.79 Å². The number of aromatic nitrogens is 3. The van der Waals surface area contributed by atoms with Crippen LogP contribution in [0, 0.1) is 18.3 Å². The van der Waals surface area contributed by atoms with E-state index in [0.29, 0.717) is 11.3 Å². The Labute approximate surface area is 97.3 Å². The van der Waals surface area contributed by atoms with Gasteiger partial charge < -0.3 is 5.32 Å². The molecule has 2 rings (SSSR count). The first-order chi connectivity index (χ1) is 8.22. The zero-order valence-corrected chi connectivity index (χ0v) is 9.06. The third-order valence-corrected chi connectivity index (χ3v) is 2.26. The van der Waals surface area contributed by atoms with Gasteiger partial charge in [-0.1, -0.05) is 12.1 Å². The number of carbonyl (C=O) groups excluding carboxylic acids is 1. The Morgan fingerprint density at radius 1 is 1.53 bits per heavy atom. The first-order valence-corrected chi connectivity index (χ1v) is 4.89. The number of hydrogen-bond acceptors (Lipinski definition) is 4. The lowest BCUT2D eigenvalue weighted by Crippen LogP contribution is -2.14. The predicted molar refractivity (Wildman–Crippen MR) is 60.2 cm³/mol. The molecule has 0 radical (unpaired) electrons. The van der Waals surface area contributed by atoms with Crippen molar-refractivity contribution in [3.8, 4) is 6.07 Å². The van der Waals surface area contributed by atoms with Gasteiger partial charge in [-0.3, -0.25) is 9.89 Å². The Bertz CT molecular complexity index is 582. The normalized spacial score (nSPS) is 9.65. The highest BCUT2D eigenvalue weighted by Crippen LogP contribution is 2.18. The van der Waals surface area contributed by atoms with Crippen LogP contribution in [0.25, 0.3) is 0 Å². The molecule has 0 aliphatic rings. The summed E-state index contributed by atoms with van der Waals surface area (Å²) in [6.45, 7) is 1.81. The molecule has 6 nitrogen and oxygen atoms in total. The molecule has 0 aliphatic heterocycles. The second kappa shape index (κ2) is 4.45. The van der Waals surface area contributed by atoms with Crippen LogP contribution < -0.4 is 5.32 Å². The minimum Gasteiger partial charge on any atom is -0.318 e. The number of nitrogens with zero attached hydrogens (tertiary/aromatic N) is 3. The van der Waals surface area contributed by atoms with Crippen LogP contribution in [0.4, 0.5) is 5.69 Å². The van der Waals surface area contributed by atoms with Crippen molar-refractivity contribution in [1.29, 1.82) is 5.26 Å². The molecule has 17 heavy (non-hydrogen) atoms. The number of amides is 1. The van der Waals surface area contributed by atoms with Gasteiger partial charge in [0.2, 0.25) is 5.82 Å². The van der Waals surface area contributed by atoms with E-state index < -0.39 is 5.91 Å². The molecule has 1 aromatic carbocycles. The summed E-state index contributed by atoms with van der Waals surface area (Å²) in [4.78, 5) is 15.4. The lowest BCUT2D eigenvalue weighted by Gasteiger charge is -2.06. The topological polar surface area (TPSA) is 94.5 Å². The van der Waals surface area contributed by atoms with Crippen LogP contribution in [0.1, 0.15) is 21.7 Å². The van der Waals surface area contributed by atoms with E-state index in [1.54, 1.807) is 12.1 Å². The second-order valence-corrected chi connectivity index (χ2v) is 3.40. The smallest absolute Gasteiger partial charge is 0.293 e. The molecule has 1 amide bonds. The van der Waals surface area contributed by atoms with Crippen molar-refractivity contribution >= 4 is 11.6 Å². The molecule has 2 aromatic rings. The highest BCUT2D eigenvalue weighted by molar-refractivity contribution is 6.02. The Hall–Kier alpha value is -2.68. The maximum atomic E-state index is 11.7. The average molecular weight is 227 g/mol. The number of anilines is 1. The number of nitrogens with one attached hydrogen (secondary N) is 2. The Kier molecular flexibility index (Phi) is 2.83. The molecule has 1 heterocycles. The minimum atomic E-state index is -0.426. The number of aryl methyl sites for hydroxylation is 1. The van der Waals surface area contributed by atoms with Crippen LogP contribution in [0.15, 0.2) is 24.5 Å². The number of carbonyl (C=O) groups is 1. The fourth-order valence-corrected chi connectivity index (χ4v) is 1.42. The van der Waals surface area contributed by atoms with E-state index in [0.717, 1.165) is 5.56 Å². The third-order valence-electron chi connectivity index (χ3n) is 2.26. The first-order valence-electron chi connectivity index (χ1n) is 4.89. The summed E-state index contributed by atoms with van der Waals surface area (Å²) in [5, 5.41) is 17.7. The summed E-state index contributed by atoms with van der Waals surface area (Å²) in [7, 11) is 0. The minimum absolute atomic E-state index is 0.107. The van der Waals surface area contributed by atoms with Crippen molar-refractivity contribution in [2.75, 3.05) is 5.32 Å². The van der Waals surface area contributed by atoms with Gasteiger partial charge in [0.15, 0.2) is 0 Å². The second-order valence-electron chi connectivity index (χ2n) is 3.40. The quantitative estimate of drug-likeness (QED) is 0.806. The van der Waals surface area contributed by atoms with Crippen molar-refractivity contribution in [3.63, 3.8) is 0 Å². The van der Waals surface area contributed by atoms with Crippen LogP contribution in [0.3, 0.4) is 0 Å². The highest BCUT2D eigenvalue weighted by atomic mass is 16.2. The van der Waals surface area contributed by atoms with Gasteiger partial charge in [0.05, 0.1) is 11.3 Å². The van der Waals surface area contributed by atoms with Crippen molar-refractivity contribution in [1.82, 2.24) is 15.2 Å². The summed E-state index contributed by atoms with van der Waals surface area (Å²) in [6.07, 6.45) is 1.25. The summed E-state index contributed by atoms with van der Waals surface area (Å²) in [6, 6.07) is 7.30. The van der Waals surface area contributed by atoms with Crippen LogP contribution in [-0.2, 0) is 0 Å². The lowest BCUT2D eigenvalue weighted by atomic mass is 10.1. The number of nitriles is 1. The van der Waals surface area contributed by atoms with Crippen LogP contribution >= 0.6 is 0 Å². The van der Waals surface area contributed by atoms with Gasteiger partial charge in [-0.25, -0.2) is 4.98 Å². The number of H-pyrrole nitrogens is 1. The molecule has 0 fully saturated rings. The number of aromatic amines is 1. The van der Waals surface area contributed by atoms with Gasteiger partial charge >= 0.3 is 0 Å². The summed E-state index contributed by atoms with van der Waals surface area (Å²) < 4.78 is 0. The third kappa shape index (κ3) is 2.13. The van der Waals surface area contributed by atoms with Crippen molar-refractivity contribution in [2.24, 2.45) is 0 Å². The van der Waals surface area contributed by atoms with Gasteiger partial charge in [-0.05, 0) is 18.6 Å². The maximum Gasteiger partial charge on any atom is 0.293 e. The molecule has 0 bridgehead atoms. The molecule has 0 saturated heterocycles. The zero-order chi connectivity index (χ0) is 12.3. The predicted octanol–water partition coefficient (Wildman–Crippen LogP) is 1.24. The number of benzene rings is 1. The molecule has 0 atom stereocenters. The van der Waals surface area contributed by atoms with Gasteiger partial charge in [-0.2, -0.15) is 10.4 Å². The monoisotopic (exact) mass is 227 g/mol. The van der Waals surface area contributed by atoms with Crippen LogP contribution in [0.2, 0.25) is 0 Å². The highest BCUT2D eigenvalue weighted by Gasteiger charge is 2.12. The van der Waals surface area contributed by atoms with E-state index in [1.807, 2.05) is 13.0 Å². The molecule has 0 spiro atoms. The van der Waals surface area contributed by atoms with E-state index in [1.165, 1.54) is 6.33 Å². The number of rotatable bonds is 2. The van der Waals surface area contributed by atoms with Crippen molar-refractivity contribution in [3.05, 3.63) is 41.5 Å². The Morgan fingerprint density at radius 3 is 3.00 bits per heavy atom. The largest absolute Gasteiger partial charge is 0.318 e. The SMILES string of the molecule is Cc1cccc(NC(=O)c2ncn[nH]2)c1C#N. The Balaban J connectivity index is 2.29. The van der Waals surface area contributed by atoms with Crippen molar-refractivity contribution < 1.29 is 4.79 Å². The zero-order valence-electron chi connectivity index (χ0n) is 9.06. The molecular weight excluding hydrogens is 218 g/mol. The fraction of sp³-hybridized carbons (Fsp3) is 0.0909. The molecule has 1 aromatic heterocycles. The van der Waals surface area contributed by atoms with E-state index in [4.69, 9.17) is 5.26 Å². The van der Waals surface area contributed by atoms with Gasteiger partial charge in [0.1, 0.15) is 12.4 Å². The molecular formula is C11H9N5O. The standard InChI is InChI=1S/C11H9N5O/c1-7-3-2-4-9(8(7)5-12)15-11(17)10-13-6-14-16-10/h2-4,6H,1H3,(H,15,17)(H,13,14,16). The van der Waals surface area contributed by atoms with E-state index >= 15 is 0 Å². The van der Waals surface area contributed by atoms with Crippen molar-refractivity contribution in [2.45, 2.75) is 6.92 Å². The molecule has 2 N–H and O–H groups in total. The molecule has 0 saturated carbocycles. The van der Waals surface area contributed by atoms with Crippen LogP contribution in [0.5, 0.6) is 0 Å². The Morgan fingerprint density at radius 2 is 2.35 bits per heavy atom. The van der Waals surface area contributed by atoms with Gasteiger partial charge in [0, 0.05) is 0 Å². The van der Waals surface area contributed by atoms with Gasteiger partial charge in [-0.15, -0.1) is 0 Å². The summed E-state index contributed by atoms with van der Waals surface area (Å²) >= 11 is 0. The molecule has 6 heteroatoms. The number of hydrogen-bond donors (Lipinski definition) is 2. The van der Waals surface area contributed by atoms with Gasteiger partial charge in [0.25, 0.3) is 5.91 Å². The molecule has 0 aliphatic carbocycles. The summed E-state index contributed by atoms with van der Waals surface area (Å²) in [5.74, 6) is -0.319. The van der Waals surface area contributed by atoms with E-state index in [2.05, 4.69) is 26.6 Å². The average Bonchev–Trinajstić information content (AvgIpc) is 2.82.